The number of carbonyl (C=O) groups excluding carboxylic acids is 1. The number of rotatable bonds is 3. The minimum atomic E-state index is -0.309. The van der Waals surface area contributed by atoms with Crippen LogP contribution in [0.2, 0.25) is 0 Å². The maximum absolute atomic E-state index is 10.7. The highest BCUT2D eigenvalue weighted by molar-refractivity contribution is 5.79. The molecule has 0 aromatic heterocycles. The standard InChI is InChI=1S/C6H12N2O2/c7-3-5(10)8-6(4-9)1-2-6/h9H,1-4,7H2,(H,8,10). The van der Waals surface area contributed by atoms with Gasteiger partial charge in [-0.25, -0.2) is 0 Å². The predicted octanol–water partition coefficient (Wildman–Crippen LogP) is -1.41. The van der Waals surface area contributed by atoms with Crippen LogP contribution in [-0.2, 0) is 4.79 Å². The van der Waals surface area contributed by atoms with Gasteiger partial charge >= 0.3 is 0 Å². The lowest BCUT2D eigenvalue weighted by Crippen LogP contribution is -2.42. The van der Waals surface area contributed by atoms with E-state index in [-0.39, 0.29) is 24.6 Å². The summed E-state index contributed by atoms with van der Waals surface area (Å²) in [6.45, 7) is 0.0283. The Hall–Kier alpha value is -0.610. The Bertz CT molecular complexity index is 143. The van der Waals surface area contributed by atoms with E-state index in [4.69, 9.17) is 10.8 Å². The lowest BCUT2D eigenvalue weighted by molar-refractivity contribution is -0.121. The SMILES string of the molecule is NCC(=O)NC1(CO)CC1. The van der Waals surface area contributed by atoms with E-state index in [2.05, 4.69) is 5.32 Å². The van der Waals surface area contributed by atoms with E-state index in [1.54, 1.807) is 0 Å². The summed E-state index contributed by atoms with van der Waals surface area (Å²) in [5.74, 6) is -0.188. The van der Waals surface area contributed by atoms with Crippen LogP contribution in [0.1, 0.15) is 12.8 Å². The number of aliphatic hydroxyl groups excluding tert-OH is 1. The van der Waals surface area contributed by atoms with Gasteiger partial charge in [0.1, 0.15) is 0 Å². The average molecular weight is 144 g/mol. The van der Waals surface area contributed by atoms with Crippen molar-refractivity contribution in [1.82, 2.24) is 5.32 Å². The minimum absolute atomic E-state index is 0.00174. The van der Waals surface area contributed by atoms with E-state index in [0.29, 0.717) is 0 Å². The Morgan fingerprint density at radius 3 is 2.60 bits per heavy atom. The number of nitrogens with two attached hydrogens (primary N) is 1. The molecular weight excluding hydrogens is 132 g/mol. The number of carbonyl (C=O) groups is 1. The first-order valence-electron chi connectivity index (χ1n) is 3.34. The van der Waals surface area contributed by atoms with E-state index in [1.165, 1.54) is 0 Å². The normalized spacial score (nSPS) is 20.2. The summed E-state index contributed by atoms with van der Waals surface area (Å²) in [4.78, 5) is 10.7. The molecule has 0 saturated heterocycles. The molecule has 0 bridgehead atoms. The third kappa shape index (κ3) is 1.46. The topological polar surface area (TPSA) is 75.4 Å². The highest BCUT2D eigenvalue weighted by atomic mass is 16.3. The van der Waals surface area contributed by atoms with Gasteiger partial charge in [-0.3, -0.25) is 4.79 Å². The molecule has 0 unspecified atom stereocenters. The van der Waals surface area contributed by atoms with Gasteiger partial charge in [-0.05, 0) is 12.8 Å². The highest BCUT2D eigenvalue weighted by Gasteiger charge is 2.42. The molecule has 0 aromatic rings. The third-order valence-corrected chi connectivity index (χ3v) is 1.75. The van der Waals surface area contributed by atoms with E-state index in [0.717, 1.165) is 12.8 Å². The second kappa shape index (κ2) is 2.56. The number of hydrogen-bond acceptors (Lipinski definition) is 3. The van der Waals surface area contributed by atoms with E-state index < -0.39 is 0 Å². The number of aliphatic hydroxyl groups is 1. The van der Waals surface area contributed by atoms with Gasteiger partial charge in [0, 0.05) is 0 Å². The maximum atomic E-state index is 10.7. The monoisotopic (exact) mass is 144 g/mol. The molecule has 0 aromatic carbocycles. The Balaban J connectivity index is 2.30. The van der Waals surface area contributed by atoms with E-state index in [9.17, 15) is 4.79 Å². The molecule has 1 aliphatic carbocycles. The maximum Gasteiger partial charge on any atom is 0.234 e. The van der Waals surface area contributed by atoms with Crippen molar-refractivity contribution in [2.75, 3.05) is 13.2 Å². The van der Waals surface area contributed by atoms with Crippen molar-refractivity contribution in [3.63, 3.8) is 0 Å². The number of amides is 1. The zero-order valence-electron chi connectivity index (χ0n) is 5.76. The van der Waals surface area contributed by atoms with Crippen molar-refractivity contribution < 1.29 is 9.90 Å². The van der Waals surface area contributed by atoms with Crippen LogP contribution in [0.15, 0.2) is 0 Å². The lowest BCUT2D eigenvalue weighted by Gasteiger charge is -2.12. The molecule has 1 fully saturated rings. The quantitative estimate of drug-likeness (QED) is 0.455. The summed E-state index contributed by atoms with van der Waals surface area (Å²) in [5, 5.41) is 11.4. The molecule has 1 rings (SSSR count). The van der Waals surface area contributed by atoms with Gasteiger partial charge in [-0.1, -0.05) is 0 Å². The molecule has 1 amide bonds. The average Bonchev–Trinajstić information content (AvgIpc) is 2.70. The molecular formula is C6H12N2O2. The zero-order valence-corrected chi connectivity index (χ0v) is 5.76. The molecule has 0 aliphatic heterocycles. The van der Waals surface area contributed by atoms with Crippen LogP contribution < -0.4 is 11.1 Å². The number of nitrogens with one attached hydrogen (secondary N) is 1. The molecule has 1 aliphatic rings. The van der Waals surface area contributed by atoms with Crippen LogP contribution in [0, 0.1) is 0 Å². The molecule has 0 radical (unpaired) electrons. The van der Waals surface area contributed by atoms with Gasteiger partial charge in [-0.15, -0.1) is 0 Å². The van der Waals surface area contributed by atoms with Gasteiger partial charge in [0.2, 0.25) is 5.91 Å². The van der Waals surface area contributed by atoms with Crippen LogP contribution in [0.4, 0.5) is 0 Å². The zero-order chi connectivity index (χ0) is 7.61. The first-order chi connectivity index (χ1) is 4.72. The summed E-state index contributed by atoms with van der Waals surface area (Å²) < 4.78 is 0. The summed E-state index contributed by atoms with van der Waals surface area (Å²) in [5.41, 5.74) is 4.76. The molecule has 4 N–H and O–H groups in total. The van der Waals surface area contributed by atoms with Crippen LogP contribution in [0.5, 0.6) is 0 Å². The van der Waals surface area contributed by atoms with Crippen molar-refractivity contribution >= 4 is 5.91 Å². The predicted molar refractivity (Wildman–Crippen MR) is 36.2 cm³/mol. The Morgan fingerprint density at radius 1 is 1.70 bits per heavy atom. The molecule has 4 heteroatoms. The van der Waals surface area contributed by atoms with Crippen LogP contribution >= 0.6 is 0 Å². The van der Waals surface area contributed by atoms with Crippen molar-refractivity contribution in [2.24, 2.45) is 5.73 Å². The van der Waals surface area contributed by atoms with Crippen molar-refractivity contribution in [3.8, 4) is 0 Å². The smallest absolute Gasteiger partial charge is 0.234 e. The fraction of sp³-hybridized carbons (Fsp3) is 0.833. The first kappa shape index (κ1) is 7.50. The van der Waals surface area contributed by atoms with Crippen LogP contribution in [0.25, 0.3) is 0 Å². The van der Waals surface area contributed by atoms with Crippen molar-refractivity contribution in [2.45, 2.75) is 18.4 Å². The first-order valence-corrected chi connectivity index (χ1v) is 3.34. The molecule has 58 valence electrons. The summed E-state index contributed by atoms with van der Waals surface area (Å²) in [6, 6.07) is 0. The molecule has 0 spiro atoms. The number of hydrogen-bond donors (Lipinski definition) is 3. The summed E-state index contributed by atoms with van der Waals surface area (Å²) >= 11 is 0. The molecule has 10 heavy (non-hydrogen) atoms. The van der Waals surface area contributed by atoms with Crippen molar-refractivity contribution in [3.05, 3.63) is 0 Å². The second-order valence-electron chi connectivity index (χ2n) is 2.69. The van der Waals surface area contributed by atoms with Gasteiger partial charge in [0.05, 0.1) is 18.7 Å². The van der Waals surface area contributed by atoms with Gasteiger partial charge in [0.15, 0.2) is 0 Å². The van der Waals surface area contributed by atoms with Gasteiger partial charge in [-0.2, -0.15) is 0 Å². The van der Waals surface area contributed by atoms with Crippen LogP contribution in [-0.4, -0.2) is 29.7 Å². The Morgan fingerprint density at radius 2 is 2.30 bits per heavy atom. The molecule has 0 heterocycles. The highest BCUT2D eigenvalue weighted by Crippen LogP contribution is 2.34. The van der Waals surface area contributed by atoms with Crippen LogP contribution in [0.3, 0.4) is 0 Å². The largest absolute Gasteiger partial charge is 0.394 e. The fourth-order valence-electron chi connectivity index (χ4n) is 0.820. The van der Waals surface area contributed by atoms with E-state index in [1.807, 2.05) is 0 Å². The van der Waals surface area contributed by atoms with Gasteiger partial charge in [0.25, 0.3) is 0 Å². The fourth-order valence-corrected chi connectivity index (χ4v) is 0.820. The molecule has 1 saturated carbocycles. The summed E-state index contributed by atoms with van der Waals surface area (Å²) in [7, 11) is 0. The minimum Gasteiger partial charge on any atom is -0.394 e. The molecule has 4 nitrogen and oxygen atoms in total. The van der Waals surface area contributed by atoms with Gasteiger partial charge < -0.3 is 16.2 Å². The lowest BCUT2D eigenvalue weighted by atomic mass is 10.3. The third-order valence-electron chi connectivity index (χ3n) is 1.75. The Kier molecular flexibility index (Phi) is 1.92. The van der Waals surface area contributed by atoms with E-state index >= 15 is 0 Å². The Labute approximate surface area is 59.4 Å². The molecule has 0 atom stereocenters. The second-order valence-corrected chi connectivity index (χ2v) is 2.69. The van der Waals surface area contributed by atoms with Crippen molar-refractivity contribution in [1.29, 1.82) is 0 Å². The summed E-state index contributed by atoms with van der Waals surface area (Å²) in [6.07, 6.45) is 1.74.